The van der Waals surface area contributed by atoms with Crippen molar-refractivity contribution in [1.29, 1.82) is 0 Å². The third-order valence-corrected chi connectivity index (χ3v) is 5.40. The topological polar surface area (TPSA) is 30.2 Å². The molecular formula is C26H27N3. The summed E-state index contributed by atoms with van der Waals surface area (Å²) in [4.78, 5) is 9.13. The van der Waals surface area contributed by atoms with E-state index >= 15 is 0 Å². The van der Waals surface area contributed by atoms with Gasteiger partial charge in [-0.1, -0.05) is 39.0 Å². The number of fused-ring (bicyclic) bond motifs is 1. The van der Waals surface area contributed by atoms with E-state index in [2.05, 4.69) is 98.8 Å². The van der Waals surface area contributed by atoms with Gasteiger partial charge in [0.1, 0.15) is 0 Å². The van der Waals surface area contributed by atoms with Crippen molar-refractivity contribution < 1.29 is 0 Å². The average molecular weight is 382 g/mol. The van der Waals surface area contributed by atoms with Crippen LogP contribution >= 0.6 is 0 Å². The first-order valence-electron chi connectivity index (χ1n) is 10.0. The first-order chi connectivity index (χ1) is 13.8. The molecule has 29 heavy (non-hydrogen) atoms. The summed E-state index contributed by atoms with van der Waals surface area (Å²) in [5.74, 6) is 0. The Bertz CT molecular complexity index is 1190. The fourth-order valence-corrected chi connectivity index (χ4v) is 3.71. The minimum Gasteiger partial charge on any atom is -0.318 e. The zero-order chi connectivity index (χ0) is 20.6. The van der Waals surface area contributed by atoms with Crippen LogP contribution in [0.25, 0.3) is 16.6 Å². The van der Waals surface area contributed by atoms with Crippen molar-refractivity contribution in [1.82, 2.24) is 9.55 Å². The molecule has 0 unspecified atom stereocenters. The van der Waals surface area contributed by atoms with Crippen molar-refractivity contribution >= 4 is 22.8 Å². The fraction of sp³-hybridized carbons (Fsp3) is 0.231. The van der Waals surface area contributed by atoms with Gasteiger partial charge in [-0.3, -0.25) is 9.98 Å². The molecule has 0 atom stereocenters. The van der Waals surface area contributed by atoms with Gasteiger partial charge in [0.2, 0.25) is 0 Å². The smallest absolute Gasteiger partial charge is 0.0703 e. The molecule has 0 aliphatic carbocycles. The molecule has 0 amide bonds. The van der Waals surface area contributed by atoms with Gasteiger partial charge in [0.05, 0.1) is 11.2 Å². The van der Waals surface area contributed by atoms with E-state index in [1.54, 1.807) is 0 Å². The molecule has 0 N–H and O–H groups in total. The van der Waals surface area contributed by atoms with E-state index in [-0.39, 0.29) is 5.41 Å². The predicted octanol–water partition coefficient (Wildman–Crippen LogP) is 6.69. The van der Waals surface area contributed by atoms with Crippen LogP contribution in [0.2, 0.25) is 0 Å². The van der Waals surface area contributed by atoms with E-state index in [4.69, 9.17) is 4.99 Å². The number of hydrogen-bond donors (Lipinski definition) is 0. The Morgan fingerprint density at radius 2 is 1.69 bits per heavy atom. The highest BCUT2D eigenvalue weighted by Gasteiger charge is 2.13. The number of benzene rings is 2. The lowest BCUT2D eigenvalue weighted by atomic mass is 9.87. The lowest BCUT2D eigenvalue weighted by Gasteiger charge is -2.18. The second-order valence-electron chi connectivity index (χ2n) is 8.60. The molecule has 0 saturated heterocycles. The predicted molar refractivity (Wildman–Crippen MR) is 123 cm³/mol. The van der Waals surface area contributed by atoms with Crippen LogP contribution in [-0.2, 0) is 5.41 Å². The van der Waals surface area contributed by atoms with E-state index in [9.17, 15) is 0 Å². The molecule has 4 aromatic rings. The number of rotatable bonds is 3. The minimum atomic E-state index is 0.155. The maximum absolute atomic E-state index is 4.71. The van der Waals surface area contributed by atoms with Crippen molar-refractivity contribution in [2.24, 2.45) is 4.99 Å². The Hall–Kier alpha value is -3.20. The van der Waals surface area contributed by atoms with Gasteiger partial charge in [0.15, 0.2) is 0 Å². The van der Waals surface area contributed by atoms with E-state index < -0.39 is 0 Å². The maximum Gasteiger partial charge on any atom is 0.0703 e. The second-order valence-corrected chi connectivity index (χ2v) is 8.60. The lowest BCUT2D eigenvalue weighted by molar-refractivity contribution is 0.590. The summed E-state index contributed by atoms with van der Waals surface area (Å²) in [5.41, 5.74) is 8.11. The number of aliphatic imine (C=N–C) groups is 1. The first kappa shape index (κ1) is 19.1. The van der Waals surface area contributed by atoms with Crippen molar-refractivity contribution in [3.63, 3.8) is 0 Å². The van der Waals surface area contributed by atoms with E-state index in [1.165, 1.54) is 17.0 Å². The molecule has 0 fully saturated rings. The van der Waals surface area contributed by atoms with Gasteiger partial charge >= 0.3 is 0 Å². The fourth-order valence-electron chi connectivity index (χ4n) is 3.71. The van der Waals surface area contributed by atoms with Gasteiger partial charge in [-0.2, -0.15) is 0 Å². The van der Waals surface area contributed by atoms with Gasteiger partial charge in [-0.05, 0) is 67.3 Å². The van der Waals surface area contributed by atoms with Crippen LogP contribution in [0, 0.1) is 13.8 Å². The summed E-state index contributed by atoms with van der Waals surface area (Å²) in [6.45, 7) is 11.0. The molecule has 2 aromatic carbocycles. The highest BCUT2D eigenvalue weighted by molar-refractivity contribution is 5.85. The van der Waals surface area contributed by atoms with E-state index in [1.807, 2.05) is 18.5 Å². The number of pyridine rings is 1. The summed E-state index contributed by atoms with van der Waals surface area (Å²) in [5, 5.41) is 1.15. The van der Waals surface area contributed by atoms with Crippen molar-refractivity contribution in [2.75, 3.05) is 0 Å². The van der Waals surface area contributed by atoms with Crippen LogP contribution in [-0.4, -0.2) is 15.8 Å². The summed E-state index contributed by atoms with van der Waals surface area (Å²) >= 11 is 0. The second kappa shape index (κ2) is 7.32. The molecule has 4 rings (SSSR count). The molecule has 3 nitrogen and oxygen atoms in total. The minimum absolute atomic E-state index is 0.155. The monoisotopic (exact) mass is 381 g/mol. The van der Waals surface area contributed by atoms with Crippen LogP contribution in [0.1, 0.15) is 43.3 Å². The molecule has 0 saturated carbocycles. The molecule has 0 radical (unpaired) electrons. The Labute approximate surface area is 172 Å². The zero-order valence-electron chi connectivity index (χ0n) is 17.8. The van der Waals surface area contributed by atoms with Gasteiger partial charge in [0.25, 0.3) is 0 Å². The molecule has 146 valence electrons. The molecule has 3 heteroatoms. The maximum atomic E-state index is 4.71. The van der Waals surface area contributed by atoms with Crippen molar-refractivity contribution in [3.05, 3.63) is 89.4 Å². The van der Waals surface area contributed by atoms with Crippen LogP contribution < -0.4 is 0 Å². The number of aryl methyl sites for hydroxylation is 1. The van der Waals surface area contributed by atoms with Gasteiger partial charge in [0, 0.05) is 40.4 Å². The quantitative estimate of drug-likeness (QED) is 0.364. The normalized spacial score (nSPS) is 12.2. The number of nitrogens with zero attached hydrogens (tertiary/aromatic N) is 3. The number of aromatic nitrogens is 2. The van der Waals surface area contributed by atoms with Crippen molar-refractivity contribution in [3.8, 4) is 5.69 Å². The summed E-state index contributed by atoms with van der Waals surface area (Å²) in [7, 11) is 0. The Balaban J connectivity index is 1.65. The molecule has 2 heterocycles. The highest BCUT2D eigenvalue weighted by Crippen LogP contribution is 2.26. The van der Waals surface area contributed by atoms with Crippen LogP contribution in [0.3, 0.4) is 0 Å². The summed E-state index contributed by atoms with van der Waals surface area (Å²) in [6.07, 6.45) is 3.80. The van der Waals surface area contributed by atoms with Crippen LogP contribution in [0.15, 0.2) is 71.9 Å². The molecule has 0 spiro atoms. The SMILES string of the molecule is Cc1cc(C=Nc2ccc(C(C)(C)C)cc2)c(C)n1-c1ccc2ncccc2c1. The average Bonchev–Trinajstić information content (AvgIpc) is 2.99. The van der Waals surface area contributed by atoms with Gasteiger partial charge in [-0.15, -0.1) is 0 Å². The summed E-state index contributed by atoms with van der Waals surface area (Å²) < 4.78 is 2.27. The third-order valence-electron chi connectivity index (χ3n) is 5.40. The van der Waals surface area contributed by atoms with Crippen LogP contribution in [0.4, 0.5) is 5.69 Å². The Morgan fingerprint density at radius 1 is 0.931 bits per heavy atom. The van der Waals surface area contributed by atoms with Gasteiger partial charge in [-0.25, -0.2) is 0 Å². The van der Waals surface area contributed by atoms with E-state index in [0.29, 0.717) is 0 Å². The number of hydrogen-bond acceptors (Lipinski definition) is 2. The first-order valence-corrected chi connectivity index (χ1v) is 10.0. The molecular weight excluding hydrogens is 354 g/mol. The van der Waals surface area contributed by atoms with Crippen LogP contribution in [0.5, 0.6) is 0 Å². The zero-order valence-corrected chi connectivity index (χ0v) is 17.8. The molecule has 0 aliphatic rings. The Kier molecular flexibility index (Phi) is 4.83. The largest absolute Gasteiger partial charge is 0.318 e. The van der Waals surface area contributed by atoms with E-state index in [0.717, 1.165) is 27.8 Å². The standard InChI is InChI=1S/C26H27N3/c1-18-15-21(17-28-23-10-8-22(9-11-23)26(3,4)5)19(2)29(18)24-12-13-25-20(16-24)7-6-14-27-25/h6-17H,1-5H3. The summed E-state index contributed by atoms with van der Waals surface area (Å²) in [6, 6.07) is 21.2. The van der Waals surface area contributed by atoms with Gasteiger partial charge < -0.3 is 4.57 Å². The molecule has 0 bridgehead atoms. The molecule has 2 aromatic heterocycles. The Morgan fingerprint density at radius 3 is 2.41 bits per heavy atom. The highest BCUT2D eigenvalue weighted by atomic mass is 15.0. The lowest BCUT2D eigenvalue weighted by Crippen LogP contribution is -2.10. The van der Waals surface area contributed by atoms with Crippen molar-refractivity contribution in [2.45, 2.75) is 40.0 Å². The molecule has 0 aliphatic heterocycles. The third kappa shape index (κ3) is 3.86.